The van der Waals surface area contributed by atoms with E-state index in [-0.39, 0.29) is 6.61 Å². The first kappa shape index (κ1) is 10.9. The molecular weight excluding hydrogens is 140 g/mol. The Balaban J connectivity index is 3.10. The molecule has 0 unspecified atom stereocenters. The molecule has 0 aliphatic rings. The van der Waals surface area contributed by atoms with Crippen LogP contribution in [0.15, 0.2) is 0 Å². The number of nitrogens with one attached hydrogen (secondary N) is 1. The number of rotatable bonds is 6. The summed E-state index contributed by atoms with van der Waals surface area (Å²) in [6.45, 7) is 7.27. The van der Waals surface area contributed by atoms with E-state index in [1.54, 1.807) is 0 Å². The first-order chi connectivity index (χ1) is 5.16. The molecule has 11 heavy (non-hydrogen) atoms. The fraction of sp³-hybridized carbons (Fsp3) is 1.00. The van der Waals surface area contributed by atoms with E-state index in [1.807, 2.05) is 7.05 Å². The maximum Gasteiger partial charge on any atom is 0.0558 e. The molecule has 2 N–H and O–H groups in total. The molecule has 3 heteroatoms. The summed E-state index contributed by atoms with van der Waals surface area (Å²) in [5.74, 6) is 0. The molecular formula is C8H20N2O. The second-order valence-corrected chi connectivity index (χ2v) is 3.14. The zero-order valence-electron chi connectivity index (χ0n) is 7.80. The largest absolute Gasteiger partial charge is 0.395 e. The zero-order chi connectivity index (χ0) is 8.69. The number of likely N-dealkylation sites (N-methyl/N-ethyl adjacent to an activating group) is 1. The van der Waals surface area contributed by atoms with Crippen molar-refractivity contribution in [2.24, 2.45) is 0 Å². The van der Waals surface area contributed by atoms with E-state index < -0.39 is 0 Å². The van der Waals surface area contributed by atoms with Crippen LogP contribution in [0.4, 0.5) is 0 Å². The average Bonchev–Trinajstić information content (AvgIpc) is 1.87. The molecule has 0 aliphatic heterocycles. The lowest BCUT2D eigenvalue weighted by atomic mass is 10.4. The highest BCUT2D eigenvalue weighted by atomic mass is 16.3. The van der Waals surface area contributed by atoms with Crippen LogP contribution in [-0.4, -0.2) is 49.3 Å². The molecule has 0 amide bonds. The third-order valence-corrected chi connectivity index (χ3v) is 1.53. The van der Waals surface area contributed by atoms with Gasteiger partial charge in [0.2, 0.25) is 0 Å². The van der Waals surface area contributed by atoms with E-state index in [0.29, 0.717) is 6.04 Å². The van der Waals surface area contributed by atoms with Crippen molar-refractivity contribution in [2.45, 2.75) is 19.9 Å². The van der Waals surface area contributed by atoms with E-state index >= 15 is 0 Å². The Morgan fingerprint density at radius 1 is 1.36 bits per heavy atom. The SMILES string of the molecule is CC(C)NCCN(C)CCO. The van der Waals surface area contributed by atoms with E-state index in [4.69, 9.17) is 5.11 Å². The van der Waals surface area contributed by atoms with Crippen molar-refractivity contribution in [1.82, 2.24) is 10.2 Å². The summed E-state index contributed by atoms with van der Waals surface area (Å²) < 4.78 is 0. The Kier molecular flexibility index (Phi) is 6.51. The topological polar surface area (TPSA) is 35.5 Å². The minimum absolute atomic E-state index is 0.248. The van der Waals surface area contributed by atoms with Crippen molar-refractivity contribution in [3.63, 3.8) is 0 Å². The van der Waals surface area contributed by atoms with Gasteiger partial charge in [-0.05, 0) is 7.05 Å². The van der Waals surface area contributed by atoms with Gasteiger partial charge in [0.25, 0.3) is 0 Å². The van der Waals surface area contributed by atoms with Crippen molar-refractivity contribution < 1.29 is 5.11 Å². The first-order valence-electron chi connectivity index (χ1n) is 4.19. The number of hydrogen-bond donors (Lipinski definition) is 2. The number of nitrogens with zero attached hydrogens (tertiary/aromatic N) is 1. The molecule has 0 aromatic heterocycles. The standard InChI is InChI=1S/C8H20N2O/c1-8(2)9-4-5-10(3)6-7-11/h8-9,11H,4-7H2,1-3H3. The Hall–Kier alpha value is -0.120. The molecule has 68 valence electrons. The van der Waals surface area contributed by atoms with Gasteiger partial charge in [0.05, 0.1) is 6.61 Å². The van der Waals surface area contributed by atoms with E-state index in [0.717, 1.165) is 19.6 Å². The van der Waals surface area contributed by atoms with Crippen LogP contribution in [0.5, 0.6) is 0 Å². The molecule has 0 saturated carbocycles. The summed E-state index contributed by atoms with van der Waals surface area (Å²) >= 11 is 0. The first-order valence-corrected chi connectivity index (χ1v) is 4.19. The van der Waals surface area contributed by atoms with Gasteiger partial charge < -0.3 is 15.3 Å². The summed E-state index contributed by atoms with van der Waals surface area (Å²) in [5.41, 5.74) is 0. The summed E-state index contributed by atoms with van der Waals surface area (Å²) in [6, 6.07) is 0.553. The Bertz CT molecular complexity index is 86.2. The lowest BCUT2D eigenvalue weighted by Crippen LogP contribution is -2.34. The van der Waals surface area contributed by atoms with Crippen LogP contribution in [0.1, 0.15) is 13.8 Å². The summed E-state index contributed by atoms with van der Waals surface area (Å²) in [5, 5.41) is 11.9. The second kappa shape index (κ2) is 6.58. The molecule has 0 aliphatic carbocycles. The van der Waals surface area contributed by atoms with Crippen LogP contribution in [-0.2, 0) is 0 Å². The molecule has 0 aromatic carbocycles. The van der Waals surface area contributed by atoms with Gasteiger partial charge in [-0.3, -0.25) is 0 Å². The van der Waals surface area contributed by atoms with Crippen molar-refractivity contribution >= 4 is 0 Å². The monoisotopic (exact) mass is 160 g/mol. The van der Waals surface area contributed by atoms with Gasteiger partial charge in [-0.15, -0.1) is 0 Å². The van der Waals surface area contributed by atoms with Crippen molar-refractivity contribution in [3.05, 3.63) is 0 Å². The van der Waals surface area contributed by atoms with Gasteiger partial charge in [-0.2, -0.15) is 0 Å². The molecule has 3 nitrogen and oxygen atoms in total. The summed E-state index contributed by atoms with van der Waals surface area (Å²) in [6.07, 6.45) is 0. The molecule has 0 fully saturated rings. The zero-order valence-corrected chi connectivity index (χ0v) is 7.80. The smallest absolute Gasteiger partial charge is 0.0558 e. The van der Waals surface area contributed by atoms with Gasteiger partial charge >= 0.3 is 0 Å². The molecule has 0 aromatic rings. The Morgan fingerprint density at radius 3 is 2.45 bits per heavy atom. The van der Waals surface area contributed by atoms with E-state index in [9.17, 15) is 0 Å². The summed E-state index contributed by atoms with van der Waals surface area (Å²) in [7, 11) is 2.01. The molecule has 0 rings (SSSR count). The van der Waals surface area contributed by atoms with Crippen LogP contribution in [0.2, 0.25) is 0 Å². The third-order valence-electron chi connectivity index (χ3n) is 1.53. The van der Waals surface area contributed by atoms with Crippen LogP contribution >= 0.6 is 0 Å². The minimum atomic E-state index is 0.248. The van der Waals surface area contributed by atoms with Crippen molar-refractivity contribution in [1.29, 1.82) is 0 Å². The predicted octanol–water partition coefficient (Wildman–Crippen LogP) is -0.0915. The average molecular weight is 160 g/mol. The summed E-state index contributed by atoms with van der Waals surface area (Å²) in [4.78, 5) is 2.11. The predicted molar refractivity (Wildman–Crippen MR) is 47.7 cm³/mol. The molecule has 0 spiro atoms. The van der Waals surface area contributed by atoms with Crippen LogP contribution in [0.3, 0.4) is 0 Å². The fourth-order valence-corrected chi connectivity index (χ4v) is 0.827. The van der Waals surface area contributed by atoms with Crippen LogP contribution in [0, 0.1) is 0 Å². The second-order valence-electron chi connectivity index (χ2n) is 3.14. The Morgan fingerprint density at radius 2 is 2.00 bits per heavy atom. The molecule has 0 atom stereocenters. The molecule has 0 radical (unpaired) electrons. The normalized spacial score (nSPS) is 11.5. The third kappa shape index (κ3) is 7.78. The van der Waals surface area contributed by atoms with Gasteiger partial charge in [0, 0.05) is 25.7 Å². The number of hydrogen-bond acceptors (Lipinski definition) is 3. The quantitative estimate of drug-likeness (QED) is 0.570. The maximum absolute atomic E-state index is 8.58. The van der Waals surface area contributed by atoms with E-state index in [2.05, 4.69) is 24.1 Å². The molecule has 0 bridgehead atoms. The highest BCUT2D eigenvalue weighted by Gasteiger charge is 1.96. The molecule has 0 saturated heterocycles. The Labute approximate surface area is 69.4 Å². The lowest BCUT2D eigenvalue weighted by molar-refractivity contribution is 0.221. The van der Waals surface area contributed by atoms with Gasteiger partial charge in [-0.1, -0.05) is 13.8 Å². The van der Waals surface area contributed by atoms with Crippen molar-refractivity contribution in [3.8, 4) is 0 Å². The highest BCUT2D eigenvalue weighted by Crippen LogP contribution is 1.80. The van der Waals surface area contributed by atoms with Crippen molar-refractivity contribution in [2.75, 3.05) is 33.3 Å². The maximum atomic E-state index is 8.58. The fourth-order valence-electron chi connectivity index (χ4n) is 0.827. The van der Waals surface area contributed by atoms with Gasteiger partial charge in [0.1, 0.15) is 0 Å². The number of aliphatic hydroxyl groups is 1. The van der Waals surface area contributed by atoms with E-state index in [1.165, 1.54) is 0 Å². The van der Waals surface area contributed by atoms with Gasteiger partial charge in [0.15, 0.2) is 0 Å². The van der Waals surface area contributed by atoms with Gasteiger partial charge in [-0.25, -0.2) is 0 Å². The van der Waals surface area contributed by atoms with Crippen LogP contribution in [0.25, 0.3) is 0 Å². The highest BCUT2D eigenvalue weighted by molar-refractivity contribution is 4.56. The lowest BCUT2D eigenvalue weighted by Gasteiger charge is -2.16. The number of aliphatic hydroxyl groups excluding tert-OH is 1. The minimum Gasteiger partial charge on any atom is -0.395 e. The molecule has 0 heterocycles. The van der Waals surface area contributed by atoms with Crippen LogP contribution < -0.4 is 5.32 Å².